The molecule has 0 aliphatic rings. The molecule has 1 unspecified atom stereocenters. The molecule has 3 heteroatoms. The van der Waals surface area contributed by atoms with Crippen LogP contribution in [-0.4, -0.2) is 36.2 Å². The van der Waals surface area contributed by atoms with Crippen LogP contribution in [0.3, 0.4) is 0 Å². The fourth-order valence-electron chi connectivity index (χ4n) is 1.35. The Morgan fingerprint density at radius 3 is 1.73 bits per heavy atom. The second kappa shape index (κ2) is 14.1. The third-order valence-corrected chi connectivity index (χ3v) is 3.31. The van der Waals surface area contributed by atoms with Crippen molar-refractivity contribution in [2.24, 2.45) is 0 Å². The molecule has 0 bridgehead atoms. The zero-order valence-corrected chi connectivity index (χ0v) is 13.6. The first-order valence-electron chi connectivity index (χ1n) is 6.39. The number of ether oxygens (including phenoxy) is 1. The van der Waals surface area contributed by atoms with Gasteiger partial charge in [-0.25, -0.2) is 0 Å². The Bertz CT molecular complexity index is 106. The molecule has 1 N–H and O–H groups in total. The Balaban J connectivity index is 0. The molecule has 0 spiro atoms. The molecule has 0 aliphatic carbocycles. The molecule has 15 heavy (non-hydrogen) atoms. The highest BCUT2D eigenvalue weighted by Gasteiger charge is 2.09. The molecule has 2 nitrogen and oxygen atoms in total. The molecule has 0 rings (SSSR count). The lowest BCUT2D eigenvalue weighted by molar-refractivity contribution is 0.0180. The largest absolute Gasteiger partial charge is 0.379 e. The molecule has 0 aromatic carbocycles. The van der Waals surface area contributed by atoms with Gasteiger partial charge < -0.3 is 10.1 Å². The zero-order valence-electron chi connectivity index (χ0n) is 11.6. The van der Waals surface area contributed by atoms with Crippen molar-refractivity contribution in [2.45, 2.75) is 64.7 Å². The third-order valence-electron chi connectivity index (χ3n) is 2.22. The van der Waals surface area contributed by atoms with Gasteiger partial charge in [0, 0.05) is 16.0 Å². The van der Waals surface area contributed by atoms with E-state index in [1.807, 2.05) is 14.1 Å². The van der Waals surface area contributed by atoms with Crippen LogP contribution in [0.2, 0.25) is 0 Å². The van der Waals surface area contributed by atoms with E-state index in [0.29, 0.717) is 11.8 Å². The Morgan fingerprint density at radius 1 is 1.07 bits per heavy atom. The normalized spacial score (nSPS) is 12.4. The Morgan fingerprint density at radius 2 is 1.47 bits per heavy atom. The van der Waals surface area contributed by atoms with Crippen molar-refractivity contribution in [3.8, 4) is 0 Å². The molecule has 1 atom stereocenters. The molecule has 0 aromatic heterocycles. The minimum atomic E-state index is 0.544. The van der Waals surface area contributed by atoms with E-state index in [2.05, 4.69) is 26.1 Å². The van der Waals surface area contributed by atoms with E-state index in [1.165, 1.54) is 42.3 Å². The fraction of sp³-hybridized carbons (Fsp3) is 1.00. The van der Waals surface area contributed by atoms with Crippen LogP contribution in [-0.2, 0) is 4.74 Å². The topological polar surface area (TPSA) is 21.3 Å². The third kappa shape index (κ3) is 14.1. The van der Waals surface area contributed by atoms with Crippen molar-refractivity contribution in [1.82, 2.24) is 5.32 Å². The number of hydrogen-bond acceptors (Lipinski definition) is 2. The summed E-state index contributed by atoms with van der Waals surface area (Å²) in [5.74, 6) is 0. The van der Waals surface area contributed by atoms with E-state index in [1.54, 1.807) is 0 Å². The predicted molar refractivity (Wildman–Crippen MR) is 73.7 cm³/mol. The lowest BCUT2D eigenvalue weighted by Gasteiger charge is -2.20. The molecule has 0 amide bonds. The van der Waals surface area contributed by atoms with Crippen LogP contribution in [0.4, 0.5) is 0 Å². The van der Waals surface area contributed by atoms with Crippen molar-refractivity contribution < 1.29 is 4.74 Å². The van der Waals surface area contributed by atoms with Crippen LogP contribution in [0.15, 0.2) is 0 Å². The first-order valence-corrected chi connectivity index (χ1v) is 7.55. The van der Waals surface area contributed by atoms with E-state index in [4.69, 9.17) is 4.74 Å². The van der Waals surface area contributed by atoms with Crippen LogP contribution in [0.1, 0.15) is 52.9 Å². The monoisotopic (exact) mass is 233 g/mol. The second-order valence-corrected chi connectivity index (χ2v) is 5.34. The zero-order chi connectivity index (χ0) is 12.1. The lowest BCUT2D eigenvalue weighted by atomic mass is 10.1. The van der Waals surface area contributed by atoms with Gasteiger partial charge in [-0.15, -0.1) is 0 Å². The van der Waals surface area contributed by atoms with E-state index in [-0.39, 0.29) is 0 Å². The summed E-state index contributed by atoms with van der Waals surface area (Å²) >= 11 is 0. The van der Waals surface area contributed by atoms with Crippen molar-refractivity contribution in [2.75, 3.05) is 14.1 Å². The first kappa shape index (κ1) is 17.5. The van der Waals surface area contributed by atoms with Crippen LogP contribution in [0.25, 0.3) is 0 Å². The minimum absolute atomic E-state index is 0.544. The molecular weight excluding hydrogens is 202 g/mol. The van der Waals surface area contributed by atoms with Crippen molar-refractivity contribution >= 4 is 10.2 Å². The van der Waals surface area contributed by atoms with Gasteiger partial charge in [-0.1, -0.05) is 33.6 Å². The van der Waals surface area contributed by atoms with Crippen LogP contribution < -0.4 is 5.32 Å². The average Bonchev–Trinajstić information content (AvgIpc) is 2.19. The minimum Gasteiger partial charge on any atom is -0.379 e. The molecular formula is C12H31NOSi. The molecule has 0 fully saturated rings. The summed E-state index contributed by atoms with van der Waals surface area (Å²) in [6, 6.07) is 0. The Hall–Kier alpha value is 0.137. The van der Waals surface area contributed by atoms with E-state index in [9.17, 15) is 0 Å². The fourth-order valence-corrected chi connectivity index (χ4v) is 1.73. The maximum atomic E-state index is 5.94. The highest BCUT2D eigenvalue weighted by atomic mass is 28.1. The molecule has 0 radical (unpaired) electrons. The Kier molecular flexibility index (Phi) is 16.5. The Labute approximate surface area is 99.6 Å². The number of rotatable bonds is 7. The molecule has 94 valence electrons. The predicted octanol–water partition coefficient (Wildman–Crippen LogP) is 1.91. The van der Waals surface area contributed by atoms with Gasteiger partial charge in [0.05, 0.1) is 6.10 Å². The number of nitrogens with one attached hydrogen (secondary N) is 1. The average molecular weight is 233 g/mol. The quantitative estimate of drug-likeness (QED) is 0.678. The van der Waals surface area contributed by atoms with Gasteiger partial charge in [0.1, 0.15) is 0 Å². The highest BCUT2D eigenvalue weighted by Crippen LogP contribution is 2.11. The van der Waals surface area contributed by atoms with Gasteiger partial charge in [-0.2, -0.15) is 0 Å². The van der Waals surface area contributed by atoms with Crippen molar-refractivity contribution in [1.29, 1.82) is 0 Å². The van der Waals surface area contributed by atoms with E-state index >= 15 is 0 Å². The SMILES string of the molecule is CCCC(CCC)OC([SiH3])CC.CNC. The van der Waals surface area contributed by atoms with Gasteiger partial charge in [-0.3, -0.25) is 0 Å². The summed E-state index contributed by atoms with van der Waals surface area (Å²) in [5, 5.41) is 2.75. The maximum Gasteiger partial charge on any atom is 0.0574 e. The summed E-state index contributed by atoms with van der Waals surface area (Å²) in [6.07, 6.45) is 6.73. The van der Waals surface area contributed by atoms with Crippen LogP contribution in [0, 0.1) is 0 Å². The summed E-state index contributed by atoms with van der Waals surface area (Å²) < 4.78 is 5.94. The summed E-state index contributed by atoms with van der Waals surface area (Å²) in [5.41, 5.74) is 0.577. The standard InChI is InChI=1S/C10H24OSi.C2H7N/c1-4-7-9(8-5-2)11-10(12)6-3;1-3-2/h9-10H,4-8H2,1-3,12H3;3H,1-2H3. The first-order chi connectivity index (χ1) is 7.15. The smallest absolute Gasteiger partial charge is 0.0574 e. The van der Waals surface area contributed by atoms with Gasteiger partial charge in [0.25, 0.3) is 0 Å². The summed E-state index contributed by atoms with van der Waals surface area (Å²) in [4.78, 5) is 0. The molecule has 0 aromatic rings. The van der Waals surface area contributed by atoms with Gasteiger partial charge >= 0.3 is 0 Å². The van der Waals surface area contributed by atoms with Gasteiger partial charge in [0.2, 0.25) is 0 Å². The van der Waals surface area contributed by atoms with Crippen molar-refractivity contribution in [3.05, 3.63) is 0 Å². The number of hydrogen-bond donors (Lipinski definition) is 1. The van der Waals surface area contributed by atoms with Crippen LogP contribution >= 0.6 is 0 Å². The summed E-state index contributed by atoms with van der Waals surface area (Å²) in [7, 11) is 4.93. The maximum absolute atomic E-state index is 5.94. The van der Waals surface area contributed by atoms with Gasteiger partial charge in [0.15, 0.2) is 0 Å². The van der Waals surface area contributed by atoms with E-state index in [0.717, 1.165) is 0 Å². The second-order valence-electron chi connectivity index (χ2n) is 4.05. The molecule has 0 heterocycles. The van der Waals surface area contributed by atoms with Crippen LogP contribution in [0.5, 0.6) is 0 Å². The summed E-state index contributed by atoms with van der Waals surface area (Å²) in [6.45, 7) is 6.69. The molecule has 0 saturated heterocycles. The van der Waals surface area contributed by atoms with Gasteiger partial charge in [-0.05, 0) is 33.4 Å². The van der Waals surface area contributed by atoms with Crippen molar-refractivity contribution in [3.63, 3.8) is 0 Å². The highest BCUT2D eigenvalue weighted by molar-refractivity contribution is 6.10. The molecule has 0 aliphatic heterocycles. The van der Waals surface area contributed by atoms with E-state index < -0.39 is 0 Å². The lowest BCUT2D eigenvalue weighted by Crippen LogP contribution is -2.21. The molecule has 0 saturated carbocycles.